The molecule has 1 aromatic rings. The average molecular weight is 207 g/mol. The van der Waals surface area contributed by atoms with Crippen LogP contribution in [0.1, 0.15) is 44.9 Å². The van der Waals surface area contributed by atoms with Crippen LogP contribution in [0.2, 0.25) is 0 Å². The molecular formula is C13H21NO. The van der Waals surface area contributed by atoms with Gasteiger partial charge in [-0.3, -0.25) is 0 Å². The van der Waals surface area contributed by atoms with Crippen molar-refractivity contribution in [1.29, 1.82) is 0 Å². The second-order valence-corrected chi connectivity index (χ2v) is 5.14. The van der Waals surface area contributed by atoms with E-state index in [1.54, 1.807) is 6.92 Å². The zero-order valence-electron chi connectivity index (χ0n) is 9.99. The zero-order chi connectivity index (χ0) is 11.6. The van der Waals surface area contributed by atoms with Crippen LogP contribution in [-0.4, -0.2) is 11.2 Å². The molecule has 0 aliphatic rings. The SMILES string of the molecule is C[C@@H](O)[C@@H](N)c1cccc(C(C)(C)C)c1. The highest BCUT2D eigenvalue weighted by Gasteiger charge is 2.17. The van der Waals surface area contributed by atoms with Gasteiger partial charge < -0.3 is 10.8 Å². The number of rotatable bonds is 2. The Morgan fingerprint density at radius 1 is 1.27 bits per heavy atom. The molecule has 15 heavy (non-hydrogen) atoms. The summed E-state index contributed by atoms with van der Waals surface area (Å²) in [5.74, 6) is 0. The summed E-state index contributed by atoms with van der Waals surface area (Å²) in [5.41, 5.74) is 8.26. The fourth-order valence-electron chi connectivity index (χ4n) is 1.49. The third-order valence-corrected chi connectivity index (χ3v) is 2.66. The number of benzene rings is 1. The summed E-state index contributed by atoms with van der Waals surface area (Å²) in [6.07, 6.45) is -0.514. The second kappa shape index (κ2) is 4.33. The van der Waals surface area contributed by atoms with Gasteiger partial charge in [-0.25, -0.2) is 0 Å². The molecule has 2 heteroatoms. The van der Waals surface area contributed by atoms with Crippen molar-refractivity contribution in [3.8, 4) is 0 Å². The monoisotopic (exact) mass is 207 g/mol. The molecule has 0 saturated carbocycles. The molecule has 0 aliphatic heterocycles. The minimum Gasteiger partial charge on any atom is -0.391 e. The van der Waals surface area contributed by atoms with Gasteiger partial charge in [-0.2, -0.15) is 0 Å². The van der Waals surface area contributed by atoms with Gasteiger partial charge in [0.1, 0.15) is 0 Å². The van der Waals surface area contributed by atoms with Gasteiger partial charge in [0.25, 0.3) is 0 Å². The Balaban J connectivity index is 3.03. The highest BCUT2D eigenvalue weighted by molar-refractivity contribution is 5.30. The van der Waals surface area contributed by atoms with Crippen LogP contribution in [0, 0.1) is 0 Å². The van der Waals surface area contributed by atoms with Gasteiger partial charge in [0.15, 0.2) is 0 Å². The first kappa shape index (κ1) is 12.2. The summed E-state index contributed by atoms with van der Waals surface area (Å²) in [4.78, 5) is 0. The summed E-state index contributed by atoms with van der Waals surface area (Å²) in [6, 6.07) is 7.84. The Hall–Kier alpha value is -0.860. The Bertz CT molecular complexity index is 326. The standard InChI is InChI=1S/C13H21NO/c1-9(15)12(14)10-6-5-7-11(8-10)13(2,3)4/h5-9,12,15H,14H2,1-4H3/t9-,12-/m1/s1. The van der Waals surface area contributed by atoms with Crippen LogP contribution in [0.25, 0.3) is 0 Å². The molecule has 0 heterocycles. The molecule has 0 radical (unpaired) electrons. The van der Waals surface area contributed by atoms with Crippen LogP contribution in [0.4, 0.5) is 0 Å². The number of hydrogen-bond donors (Lipinski definition) is 2. The summed E-state index contributed by atoms with van der Waals surface area (Å²) >= 11 is 0. The fourth-order valence-corrected chi connectivity index (χ4v) is 1.49. The quantitative estimate of drug-likeness (QED) is 0.782. The molecule has 3 N–H and O–H groups in total. The third-order valence-electron chi connectivity index (χ3n) is 2.66. The lowest BCUT2D eigenvalue weighted by Crippen LogP contribution is -2.23. The third kappa shape index (κ3) is 3.05. The molecule has 0 aliphatic carbocycles. The number of nitrogens with two attached hydrogens (primary N) is 1. The Kier molecular flexibility index (Phi) is 3.53. The molecule has 2 nitrogen and oxygen atoms in total. The molecule has 84 valence electrons. The molecule has 2 atom stereocenters. The maximum atomic E-state index is 9.44. The van der Waals surface area contributed by atoms with Crippen molar-refractivity contribution in [3.05, 3.63) is 35.4 Å². The predicted molar refractivity (Wildman–Crippen MR) is 63.8 cm³/mol. The molecule has 1 aromatic carbocycles. The van der Waals surface area contributed by atoms with E-state index in [9.17, 15) is 5.11 Å². The van der Waals surface area contributed by atoms with Gasteiger partial charge in [0.2, 0.25) is 0 Å². The van der Waals surface area contributed by atoms with E-state index in [0.717, 1.165) is 5.56 Å². The van der Waals surface area contributed by atoms with Crippen LogP contribution < -0.4 is 5.73 Å². The topological polar surface area (TPSA) is 46.2 Å². The Labute approximate surface area is 92.1 Å². The summed E-state index contributed by atoms with van der Waals surface area (Å²) < 4.78 is 0. The second-order valence-electron chi connectivity index (χ2n) is 5.14. The van der Waals surface area contributed by atoms with Crippen molar-refractivity contribution in [2.45, 2.75) is 45.3 Å². The fraction of sp³-hybridized carbons (Fsp3) is 0.538. The molecule has 0 aromatic heterocycles. The predicted octanol–water partition coefficient (Wildman–Crippen LogP) is 2.36. The average Bonchev–Trinajstić information content (AvgIpc) is 2.15. The van der Waals surface area contributed by atoms with Crippen molar-refractivity contribution in [1.82, 2.24) is 0 Å². The largest absolute Gasteiger partial charge is 0.391 e. The van der Waals surface area contributed by atoms with Crippen molar-refractivity contribution >= 4 is 0 Å². The van der Waals surface area contributed by atoms with Crippen LogP contribution in [0.3, 0.4) is 0 Å². The summed E-state index contributed by atoms with van der Waals surface area (Å²) in [5, 5.41) is 9.44. The molecule has 1 rings (SSSR count). The first-order valence-electron chi connectivity index (χ1n) is 5.36. The smallest absolute Gasteiger partial charge is 0.0704 e. The highest BCUT2D eigenvalue weighted by Crippen LogP contribution is 2.25. The van der Waals surface area contributed by atoms with Gasteiger partial charge >= 0.3 is 0 Å². The lowest BCUT2D eigenvalue weighted by atomic mass is 9.85. The van der Waals surface area contributed by atoms with E-state index < -0.39 is 6.10 Å². The van der Waals surface area contributed by atoms with Gasteiger partial charge in [-0.15, -0.1) is 0 Å². The number of aliphatic hydroxyl groups is 1. The molecular weight excluding hydrogens is 186 g/mol. The minimum atomic E-state index is -0.514. The number of aliphatic hydroxyl groups excluding tert-OH is 1. The van der Waals surface area contributed by atoms with Crippen molar-refractivity contribution < 1.29 is 5.11 Å². The first-order chi connectivity index (χ1) is 6.82. The number of hydrogen-bond acceptors (Lipinski definition) is 2. The molecule has 0 unspecified atom stereocenters. The van der Waals surface area contributed by atoms with Crippen LogP contribution in [-0.2, 0) is 5.41 Å². The van der Waals surface area contributed by atoms with E-state index in [1.165, 1.54) is 5.56 Å². The lowest BCUT2D eigenvalue weighted by molar-refractivity contribution is 0.164. The van der Waals surface area contributed by atoms with Crippen molar-refractivity contribution in [3.63, 3.8) is 0 Å². The minimum absolute atomic E-state index is 0.119. The van der Waals surface area contributed by atoms with E-state index in [1.807, 2.05) is 12.1 Å². The van der Waals surface area contributed by atoms with Gasteiger partial charge in [-0.05, 0) is 23.5 Å². The van der Waals surface area contributed by atoms with Gasteiger partial charge in [0, 0.05) is 0 Å². The zero-order valence-corrected chi connectivity index (χ0v) is 9.99. The molecule has 0 saturated heterocycles. The molecule has 0 amide bonds. The van der Waals surface area contributed by atoms with Crippen LogP contribution >= 0.6 is 0 Å². The summed E-state index contributed by atoms with van der Waals surface area (Å²) in [6.45, 7) is 8.22. The molecule has 0 spiro atoms. The highest BCUT2D eigenvalue weighted by atomic mass is 16.3. The van der Waals surface area contributed by atoms with Gasteiger partial charge in [0.05, 0.1) is 12.1 Å². The maximum Gasteiger partial charge on any atom is 0.0704 e. The van der Waals surface area contributed by atoms with Crippen LogP contribution in [0.5, 0.6) is 0 Å². The van der Waals surface area contributed by atoms with E-state index in [-0.39, 0.29) is 11.5 Å². The normalized spacial score (nSPS) is 16.1. The van der Waals surface area contributed by atoms with E-state index >= 15 is 0 Å². The van der Waals surface area contributed by atoms with Crippen LogP contribution in [0.15, 0.2) is 24.3 Å². The Morgan fingerprint density at radius 2 is 1.87 bits per heavy atom. The lowest BCUT2D eigenvalue weighted by Gasteiger charge is -2.22. The maximum absolute atomic E-state index is 9.44. The molecule has 0 fully saturated rings. The van der Waals surface area contributed by atoms with E-state index in [2.05, 4.69) is 32.9 Å². The molecule has 0 bridgehead atoms. The van der Waals surface area contributed by atoms with Gasteiger partial charge in [-0.1, -0.05) is 45.0 Å². The first-order valence-corrected chi connectivity index (χ1v) is 5.36. The van der Waals surface area contributed by atoms with E-state index in [0.29, 0.717) is 0 Å². The summed E-state index contributed by atoms with van der Waals surface area (Å²) in [7, 11) is 0. The Morgan fingerprint density at radius 3 is 2.33 bits per heavy atom. The van der Waals surface area contributed by atoms with E-state index in [4.69, 9.17) is 5.73 Å². The van der Waals surface area contributed by atoms with Crippen molar-refractivity contribution in [2.75, 3.05) is 0 Å². The van der Waals surface area contributed by atoms with Crippen molar-refractivity contribution in [2.24, 2.45) is 5.73 Å².